The van der Waals surface area contributed by atoms with Crippen LogP contribution < -0.4 is 10.2 Å². The topological polar surface area (TPSA) is 18.5 Å². The SMILES string of the molecule is CCCN1CCCc2cc(CN(C(=S)Nc3cccc(C(F)(F)F)c3)[C@@H]3CCCC[C@@H]3C)ccc21. The van der Waals surface area contributed by atoms with Gasteiger partial charge in [-0.15, -0.1) is 0 Å². The zero-order valence-corrected chi connectivity index (χ0v) is 21.5. The van der Waals surface area contributed by atoms with Crippen LogP contribution in [0.1, 0.15) is 69.1 Å². The Morgan fingerprint density at radius 1 is 1.11 bits per heavy atom. The smallest absolute Gasteiger partial charge is 0.371 e. The van der Waals surface area contributed by atoms with Crippen LogP contribution in [-0.4, -0.2) is 29.1 Å². The first-order valence-electron chi connectivity index (χ1n) is 12.9. The van der Waals surface area contributed by atoms with Crippen LogP contribution in [-0.2, 0) is 19.1 Å². The van der Waals surface area contributed by atoms with Crippen molar-refractivity contribution in [1.29, 1.82) is 0 Å². The summed E-state index contributed by atoms with van der Waals surface area (Å²) in [6.07, 6.45) is 3.53. The summed E-state index contributed by atoms with van der Waals surface area (Å²) in [6.45, 7) is 7.31. The van der Waals surface area contributed by atoms with Gasteiger partial charge in [-0.25, -0.2) is 0 Å². The summed E-state index contributed by atoms with van der Waals surface area (Å²) in [5.41, 5.74) is 3.63. The summed E-state index contributed by atoms with van der Waals surface area (Å²) < 4.78 is 39.7. The fourth-order valence-corrected chi connectivity index (χ4v) is 5.91. The monoisotopic (exact) mass is 503 g/mol. The molecular weight excluding hydrogens is 467 g/mol. The zero-order chi connectivity index (χ0) is 25.0. The van der Waals surface area contributed by atoms with Crippen LogP contribution >= 0.6 is 12.2 Å². The van der Waals surface area contributed by atoms with Crippen LogP contribution in [0, 0.1) is 5.92 Å². The number of aryl methyl sites for hydroxylation is 1. The van der Waals surface area contributed by atoms with E-state index in [1.54, 1.807) is 6.07 Å². The van der Waals surface area contributed by atoms with E-state index in [-0.39, 0.29) is 6.04 Å². The van der Waals surface area contributed by atoms with Gasteiger partial charge < -0.3 is 15.1 Å². The third kappa shape index (κ3) is 6.29. The third-order valence-electron chi connectivity index (χ3n) is 7.37. The van der Waals surface area contributed by atoms with Gasteiger partial charge in [-0.2, -0.15) is 13.2 Å². The summed E-state index contributed by atoms with van der Waals surface area (Å²) in [6, 6.07) is 12.3. The summed E-state index contributed by atoms with van der Waals surface area (Å²) in [5.74, 6) is 0.475. The number of alkyl halides is 3. The second-order valence-electron chi connectivity index (χ2n) is 10.0. The van der Waals surface area contributed by atoms with Gasteiger partial charge in [-0.1, -0.05) is 44.9 Å². The first-order chi connectivity index (χ1) is 16.8. The van der Waals surface area contributed by atoms with E-state index in [0.717, 1.165) is 63.7 Å². The van der Waals surface area contributed by atoms with Crippen molar-refractivity contribution in [3.63, 3.8) is 0 Å². The molecule has 1 aliphatic carbocycles. The molecule has 0 amide bonds. The molecule has 2 aromatic carbocycles. The fraction of sp³-hybridized carbons (Fsp3) is 0.536. The maximum absolute atomic E-state index is 13.2. The average Bonchev–Trinajstić information content (AvgIpc) is 2.83. The molecule has 35 heavy (non-hydrogen) atoms. The summed E-state index contributed by atoms with van der Waals surface area (Å²) >= 11 is 5.83. The highest BCUT2D eigenvalue weighted by Crippen LogP contribution is 2.33. The number of fused-ring (bicyclic) bond motifs is 1. The van der Waals surface area contributed by atoms with Gasteiger partial charge in [-0.3, -0.25) is 0 Å². The lowest BCUT2D eigenvalue weighted by Gasteiger charge is -2.40. The van der Waals surface area contributed by atoms with Crippen LogP contribution in [0.4, 0.5) is 24.5 Å². The highest BCUT2D eigenvalue weighted by molar-refractivity contribution is 7.80. The highest BCUT2D eigenvalue weighted by Gasteiger charge is 2.32. The molecule has 190 valence electrons. The van der Waals surface area contributed by atoms with Gasteiger partial charge in [0.2, 0.25) is 0 Å². The summed E-state index contributed by atoms with van der Waals surface area (Å²) in [7, 11) is 0. The van der Waals surface area contributed by atoms with Crippen molar-refractivity contribution in [3.8, 4) is 0 Å². The number of nitrogens with one attached hydrogen (secondary N) is 1. The number of hydrogen-bond donors (Lipinski definition) is 1. The minimum atomic E-state index is -4.38. The molecule has 0 radical (unpaired) electrons. The average molecular weight is 504 g/mol. The van der Waals surface area contributed by atoms with E-state index in [2.05, 4.69) is 47.2 Å². The summed E-state index contributed by atoms with van der Waals surface area (Å²) in [4.78, 5) is 4.69. The Kier molecular flexibility index (Phi) is 8.25. The Morgan fingerprint density at radius 3 is 2.66 bits per heavy atom. The maximum atomic E-state index is 13.2. The molecule has 1 fully saturated rings. The number of rotatable bonds is 6. The van der Waals surface area contributed by atoms with Gasteiger partial charge in [0.05, 0.1) is 5.56 Å². The molecule has 0 bridgehead atoms. The Bertz CT molecular complexity index is 1020. The fourth-order valence-electron chi connectivity index (χ4n) is 5.59. The van der Waals surface area contributed by atoms with E-state index in [0.29, 0.717) is 23.3 Å². The van der Waals surface area contributed by atoms with E-state index in [1.807, 2.05) is 0 Å². The van der Waals surface area contributed by atoms with Crippen molar-refractivity contribution in [2.24, 2.45) is 5.92 Å². The Labute approximate surface area is 212 Å². The number of thiocarbonyl (C=S) groups is 1. The Hall–Kier alpha value is -2.28. The molecule has 1 N–H and O–H groups in total. The number of benzene rings is 2. The van der Waals surface area contributed by atoms with Crippen molar-refractivity contribution in [1.82, 2.24) is 4.90 Å². The highest BCUT2D eigenvalue weighted by atomic mass is 32.1. The van der Waals surface area contributed by atoms with Crippen molar-refractivity contribution < 1.29 is 13.2 Å². The predicted molar refractivity (Wildman–Crippen MR) is 142 cm³/mol. The lowest BCUT2D eigenvalue weighted by molar-refractivity contribution is -0.137. The quantitative estimate of drug-likeness (QED) is 0.408. The van der Waals surface area contributed by atoms with Gasteiger partial charge in [0, 0.05) is 37.1 Å². The van der Waals surface area contributed by atoms with Crippen LogP contribution in [0.15, 0.2) is 42.5 Å². The van der Waals surface area contributed by atoms with Crippen molar-refractivity contribution in [2.75, 3.05) is 23.3 Å². The molecule has 4 rings (SSSR count). The largest absolute Gasteiger partial charge is 0.416 e. The van der Waals surface area contributed by atoms with E-state index >= 15 is 0 Å². The first-order valence-corrected chi connectivity index (χ1v) is 13.3. The van der Waals surface area contributed by atoms with Gasteiger partial charge in [0.15, 0.2) is 5.11 Å². The van der Waals surface area contributed by atoms with Gasteiger partial charge in [0.1, 0.15) is 0 Å². The number of halogens is 3. The second-order valence-corrected chi connectivity index (χ2v) is 10.4. The van der Waals surface area contributed by atoms with E-state index in [4.69, 9.17) is 12.2 Å². The van der Waals surface area contributed by atoms with Crippen LogP contribution in [0.5, 0.6) is 0 Å². The number of hydrogen-bond acceptors (Lipinski definition) is 2. The van der Waals surface area contributed by atoms with Crippen molar-refractivity contribution >= 4 is 28.7 Å². The third-order valence-corrected chi connectivity index (χ3v) is 7.71. The van der Waals surface area contributed by atoms with E-state index in [9.17, 15) is 13.2 Å². The molecule has 0 saturated heterocycles. The van der Waals surface area contributed by atoms with E-state index < -0.39 is 11.7 Å². The molecular formula is C28H36F3N3S. The predicted octanol–water partition coefficient (Wildman–Crippen LogP) is 7.65. The molecule has 2 aromatic rings. The van der Waals surface area contributed by atoms with Crippen molar-refractivity contribution in [2.45, 2.75) is 77.6 Å². The lowest BCUT2D eigenvalue weighted by Crippen LogP contribution is -2.46. The van der Waals surface area contributed by atoms with Gasteiger partial charge in [-0.05, 0) is 85.6 Å². The van der Waals surface area contributed by atoms with Gasteiger partial charge >= 0.3 is 6.18 Å². The zero-order valence-electron chi connectivity index (χ0n) is 20.7. The molecule has 0 aromatic heterocycles. The first kappa shape index (κ1) is 25.8. The minimum Gasteiger partial charge on any atom is -0.371 e. The molecule has 1 saturated carbocycles. The molecule has 3 nitrogen and oxygen atoms in total. The number of nitrogens with zero attached hydrogens (tertiary/aromatic N) is 2. The second kappa shape index (κ2) is 11.2. The molecule has 1 aliphatic heterocycles. The summed E-state index contributed by atoms with van der Waals surface area (Å²) in [5, 5.41) is 3.62. The standard InChI is InChI=1S/C28H36F3N3S/c1-3-15-33-16-7-9-22-17-21(13-14-26(22)33)19-34(25-12-5-4-8-20(25)2)27(35)32-24-11-6-10-23(18-24)28(29,30)31/h6,10-11,13-14,17-18,20,25H,3-5,7-9,12,15-16,19H2,1-2H3,(H,32,35)/t20-,25+/m0/s1. The maximum Gasteiger partial charge on any atom is 0.416 e. The molecule has 2 atom stereocenters. The van der Waals surface area contributed by atoms with Crippen molar-refractivity contribution in [3.05, 3.63) is 59.2 Å². The van der Waals surface area contributed by atoms with Crippen LogP contribution in [0.2, 0.25) is 0 Å². The molecule has 7 heteroatoms. The van der Waals surface area contributed by atoms with Crippen LogP contribution in [0.25, 0.3) is 0 Å². The lowest BCUT2D eigenvalue weighted by atomic mass is 9.84. The van der Waals surface area contributed by atoms with Crippen LogP contribution in [0.3, 0.4) is 0 Å². The molecule has 1 heterocycles. The minimum absolute atomic E-state index is 0.266. The normalized spacial score (nSPS) is 20.3. The molecule has 0 unspecified atom stereocenters. The van der Waals surface area contributed by atoms with E-state index in [1.165, 1.54) is 29.3 Å². The Morgan fingerprint density at radius 2 is 1.91 bits per heavy atom. The number of anilines is 2. The molecule has 2 aliphatic rings. The Balaban J connectivity index is 1.57. The molecule has 0 spiro atoms. The van der Waals surface area contributed by atoms with Gasteiger partial charge in [0.25, 0.3) is 0 Å².